The van der Waals surface area contributed by atoms with E-state index in [9.17, 15) is 14.9 Å². The molecule has 0 aliphatic heterocycles. The molecule has 3 aromatic carbocycles. The van der Waals surface area contributed by atoms with E-state index in [4.69, 9.17) is 0 Å². The number of hydrazone groups is 1. The van der Waals surface area contributed by atoms with Crippen molar-refractivity contribution in [2.75, 3.05) is 0 Å². The van der Waals surface area contributed by atoms with Crippen molar-refractivity contribution in [2.45, 2.75) is 17.6 Å². The van der Waals surface area contributed by atoms with Gasteiger partial charge in [-0.15, -0.1) is 11.8 Å². The third-order valence-corrected chi connectivity index (χ3v) is 5.27. The Morgan fingerprint density at radius 1 is 0.966 bits per heavy atom. The predicted octanol–water partition coefficient (Wildman–Crippen LogP) is 5.04. The fourth-order valence-electron chi connectivity index (χ4n) is 2.52. The summed E-state index contributed by atoms with van der Waals surface area (Å²) >= 11 is 1.74. The molecule has 3 rings (SSSR count). The Morgan fingerprint density at radius 2 is 1.59 bits per heavy atom. The van der Waals surface area contributed by atoms with E-state index in [1.165, 1.54) is 17.0 Å². The first-order chi connectivity index (χ1) is 14.0. The van der Waals surface area contributed by atoms with Crippen LogP contribution >= 0.6 is 11.8 Å². The number of carbonyl (C=O) groups excluding carboxylic acids is 1. The molecule has 0 saturated carbocycles. The van der Waals surface area contributed by atoms with Crippen LogP contribution in [0, 0.1) is 10.1 Å². The predicted molar refractivity (Wildman–Crippen MR) is 115 cm³/mol. The summed E-state index contributed by atoms with van der Waals surface area (Å²) in [5.74, 6) is 0.511. The second-order valence-corrected chi connectivity index (χ2v) is 7.29. The average molecular weight is 405 g/mol. The zero-order valence-corrected chi connectivity index (χ0v) is 16.6. The fourth-order valence-corrected chi connectivity index (χ4v) is 3.40. The normalized spacial score (nSPS) is 11.1. The molecule has 0 aromatic heterocycles. The molecule has 0 atom stereocenters. The van der Waals surface area contributed by atoms with Crippen molar-refractivity contribution in [1.82, 2.24) is 5.43 Å². The molecule has 0 heterocycles. The van der Waals surface area contributed by atoms with Crippen molar-refractivity contribution in [2.24, 2.45) is 5.10 Å². The molecule has 146 valence electrons. The standard InChI is InChI=1S/C22H19N3O3S/c1-16(18-11-13-20(14-12-18)25(27)28)23-24-22(26)19-9-7-17(8-10-19)15-29-21-5-3-2-4-6-21/h2-14H,15H2,1H3,(H,24,26)/b23-16-. The maximum absolute atomic E-state index is 12.3. The second kappa shape index (κ2) is 9.66. The Hall–Kier alpha value is -3.45. The van der Waals surface area contributed by atoms with Crippen molar-refractivity contribution in [3.63, 3.8) is 0 Å². The molecule has 3 aromatic rings. The van der Waals surface area contributed by atoms with Crippen molar-refractivity contribution in [3.05, 3.63) is 106 Å². The highest BCUT2D eigenvalue weighted by Crippen LogP contribution is 2.22. The summed E-state index contributed by atoms with van der Waals surface area (Å²) in [6.45, 7) is 1.73. The maximum Gasteiger partial charge on any atom is 0.271 e. The lowest BCUT2D eigenvalue weighted by atomic mass is 10.1. The van der Waals surface area contributed by atoms with Crippen molar-refractivity contribution in [3.8, 4) is 0 Å². The summed E-state index contributed by atoms with van der Waals surface area (Å²) in [6, 6.07) is 23.5. The molecule has 0 bridgehead atoms. The van der Waals surface area contributed by atoms with Crippen LogP contribution in [0.4, 0.5) is 5.69 Å². The number of carbonyl (C=O) groups is 1. The van der Waals surface area contributed by atoms with Gasteiger partial charge in [0.05, 0.1) is 10.6 Å². The van der Waals surface area contributed by atoms with Crippen molar-refractivity contribution < 1.29 is 9.72 Å². The van der Waals surface area contributed by atoms with Crippen LogP contribution in [0.15, 0.2) is 88.9 Å². The van der Waals surface area contributed by atoms with Crippen molar-refractivity contribution >= 4 is 29.1 Å². The van der Waals surface area contributed by atoms with Gasteiger partial charge in [0, 0.05) is 28.3 Å². The smallest absolute Gasteiger partial charge is 0.267 e. The zero-order valence-electron chi connectivity index (χ0n) is 15.7. The molecule has 0 spiro atoms. The largest absolute Gasteiger partial charge is 0.271 e. The lowest BCUT2D eigenvalue weighted by Crippen LogP contribution is -2.19. The van der Waals surface area contributed by atoms with Crippen molar-refractivity contribution in [1.29, 1.82) is 0 Å². The van der Waals surface area contributed by atoms with E-state index in [0.29, 0.717) is 16.8 Å². The van der Waals surface area contributed by atoms with Crippen LogP contribution in [0.1, 0.15) is 28.4 Å². The number of nitrogens with one attached hydrogen (secondary N) is 1. The Balaban J connectivity index is 1.57. The van der Waals surface area contributed by atoms with E-state index in [0.717, 1.165) is 11.3 Å². The molecular formula is C22H19N3O3S. The van der Waals surface area contributed by atoms with Gasteiger partial charge in [-0.1, -0.05) is 30.3 Å². The molecule has 0 aliphatic carbocycles. The first-order valence-electron chi connectivity index (χ1n) is 8.89. The van der Waals surface area contributed by atoms with Gasteiger partial charge in [-0.3, -0.25) is 14.9 Å². The number of nitrogens with zero attached hydrogens (tertiary/aromatic N) is 2. The minimum absolute atomic E-state index is 0.0103. The van der Waals surface area contributed by atoms with E-state index < -0.39 is 4.92 Å². The minimum Gasteiger partial charge on any atom is -0.267 e. The first kappa shape index (κ1) is 20.3. The number of amides is 1. The molecule has 6 nitrogen and oxygen atoms in total. The lowest BCUT2D eigenvalue weighted by Gasteiger charge is -2.05. The van der Waals surface area contributed by atoms with Gasteiger partial charge >= 0.3 is 0 Å². The Kier molecular flexibility index (Phi) is 6.76. The summed E-state index contributed by atoms with van der Waals surface area (Å²) in [5, 5.41) is 14.8. The van der Waals surface area contributed by atoms with Gasteiger partial charge in [0.2, 0.25) is 0 Å². The molecule has 0 unspecified atom stereocenters. The zero-order chi connectivity index (χ0) is 20.6. The minimum atomic E-state index is -0.458. The molecule has 0 saturated heterocycles. The number of thioether (sulfide) groups is 1. The highest BCUT2D eigenvalue weighted by molar-refractivity contribution is 7.98. The Bertz CT molecular complexity index is 1020. The molecule has 0 radical (unpaired) electrons. The van der Waals surface area contributed by atoms with Crippen LogP contribution in [0.3, 0.4) is 0 Å². The number of hydrogen-bond donors (Lipinski definition) is 1. The molecular weight excluding hydrogens is 386 g/mol. The Morgan fingerprint density at radius 3 is 2.21 bits per heavy atom. The van der Waals surface area contributed by atoms with E-state index in [1.54, 1.807) is 43.0 Å². The van der Waals surface area contributed by atoms with E-state index in [1.807, 2.05) is 30.3 Å². The molecule has 0 fully saturated rings. The topological polar surface area (TPSA) is 84.6 Å². The van der Waals surface area contributed by atoms with Crippen LogP contribution in [-0.2, 0) is 5.75 Å². The van der Waals surface area contributed by atoms with Crippen LogP contribution in [0.25, 0.3) is 0 Å². The number of nitro groups is 1. The van der Waals surface area contributed by atoms with Gasteiger partial charge in [0.25, 0.3) is 11.6 Å². The van der Waals surface area contributed by atoms with Gasteiger partial charge in [0.15, 0.2) is 0 Å². The van der Waals surface area contributed by atoms with Gasteiger partial charge < -0.3 is 0 Å². The maximum atomic E-state index is 12.3. The number of non-ortho nitro benzene ring substituents is 1. The SMILES string of the molecule is C/C(=N/NC(=O)c1ccc(CSc2ccccc2)cc1)c1ccc([N+](=O)[O-])cc1. The quantitative estimate of drug-likeness (QED) is 0.258. The number of hydrogen-bond acceptors (Lipinski definition) is 5. The highest BCUT2D eigenvalue weighted by atomic mass is 32.2. The Labute approximate surface area is 172 Å². The number of benzene rings is 3. The fraction of sp³-hybridized carbons (Fsp3) is 0.0909. The lowest BCUT2D eigenvalue weighted by molar-refractivity contribution is -0.384. The summed E-state index contributed by atoms with van der Waals surface area (Å²) in [5.41, 5.74) is 5.43. The second-order valence-electron chi connectivity index (χ2n) is 6.24. The third kappa shape index (κ3) is 5.76. The van der Waals surface area contributed by atoms with Gasteiger partial charge in [-0.05, 0) is 54.4 Å². The number of nitro benzene ring substituents is 1. The highest BCUT2D eigenvalue weighted by Gasteiger charge is 2.07. The van der Waals surface area contributed by atoms with Crippen LogP contribution in [0.2, 0.25) is 0 Å². The summed E-state index contributed by atoms with van der Waals surface area (Å²) < 4.78 is 0. The van der Waals surface area contributed by atoms with E-state index in [2.05, 4.69) is 22.7 Å². The first-order valence-corrected chi connectivity index (χ1v) is 9.88. The number of rotatable bonds is 7. The van der Waals surface area contributed by atoms with Gasteiger partial charge in [-0.2, -0.15) is 5.10 Å². The van der Waals surface area contributed by atoms with Crippen LogP contribution in [-0.4, -0.2) is 16.5 Å². The summed E-state index contributed by atoms with van der Waals surface area (Å²) in [4.78, 5) is 23.8. The van der Waals surface area contributed by atoms with Crippen LogP contribution in [0.5, 0.6) is 0 Å². The third-order valence-electron chi connectivity index (χ3n) is 4.19. The van der Waals surface area contributed by atoms with Crippen LogP contribution < -0.4 is 5.43 Å². The summed E-state index contributed by atoms with van der Waals surface area (Å²) in [6.07, 6.45) is 0. The van der Waals surface area contributed by atoms with Gasteiger partial charge in [-0.25, -0.2) is 5.43 Å². The molecule has 29 heavy (non-hydrogen) atoms. The average Bonchev–Trinajstić information content (AvgIpc) is 2.77. The molecule has 7 heteroatoms. The summed E-state index contributed by atoms with van der Waals surface area (Å²) in [7, 11) is 0. The molecule has 1 amide bonds. The van der Waals surface area contributed by atoms with E-state index in [-0.39, 0.29) is 11.6 Å². The van der Waals surface area contributed by atoms with E-state index >= 15 is 0 Å². The van der Waals surface area contributed by atoms with Gasteiger partial charge in [0.1, 0.15) is 0 Å². The monoisotopic (exact) mass is 405 g/mol. The molecule has 0 aliphatic rings. The molecule has 1 N–H and O–H groups in total.